The predicted octanol–water partition coefficient (Wildman–Crippen LogP) is 2.21. The average molecular weight is 336 g/mol. The lowest BCUT2D eigenvalue weighted by molar-refractivity contribution is 0.0163. The van der Waals surface area contributed by atoms with Gasteiger partial charge in [0, 0.05) is 26.2 Å². The zero-order valence-electron chi connectivity index (χ0n) is 15.5. The molecule has 1 aliphatic rings. The van der Waals surface area contributed by atoms with Gasteiger partial charge in [0.25, 0.3) is 0 Å². The summed E-state index contributed by atoms with van der Waals surface area (Å²) in [7, 11) is 0. The van der Waals surface area contributed by atoms with Gasteiger partial charge in [-0.1, -0.05) is 5.92 Å². The van der Waals surface area contributed by atoms with Crippen LogP contribution in [0.2, 0.25) is 0 Å². The number of nitrogens with zero attached hydrogens (tertiary/aromatic N) is 2. The van der Waals surface area contributed by atoms with Crippen LogP contribution < -0.4 is 10.6 Å². The number of carbonyl (C=O) groups is 1. The topological polar surface area (TPSA) is 66.0 Å². The Balaban J connectivity index is 2.45. The van der Waals surface area contributed by atoms with Gasteiger partial charge in [-0.2, -0.15) is 0 Å². The number of rotatable bonds is 5. The minimum Gasteiger partial charge on any atom is -0.444 e. The maximum Gasteiger partial charge on any atom is 0.410 e. The van der Waals surface area contributed by atoms with Crippen molar-refractivity contribution in [3.63, 3.8) is 0 Å². The van der Waals surface area contributed by atoms with E-state index in [-0.39, 0.29) is 6.09 Å². The smallest absolute Gasteiger partial charge is 0.410 e. The van der Waals surface area contributed by atoms with Crippen molar-refractivity contribution in [3.8, 4) is 12.3 Å². The number of likely N-dealkylation sites (tertiary alicyclic amines) is 1. The number of terminal acetylenes is 1. The van der Waals surface area contributed by atoms with Crippen molar-refractivity contribution in [2.75, 3.05) is 32.7 Å². The summed E-state index contributed by atoms with van der Waals surface area (Å²) >= 11 is 0. The molecular formula is C18H32N4O2. The quantitative estimate of drug-likeness (QED) is 0.459. The zero-order valence-corrected chi connectivity index (χ0v) is 15.5. The molecule has 0 aromatic rings. The number of guanidine groups is 1. The minimum atomic E-state index is -0.447. The Labute approximate surface area is 146 Å². The molecule has 136 valence electrons. The van der Waals surface area contributed by atoms with E-state index in [0.717, 1.165) is 44.9 Å². The van der Waals surface area contributed by atoms with Crippen molar-refractivity contribution >= 4 is 12.1 Å². The van der Waals surface area contributed by atoms with Crippen LogP contribution in [0.5, 0.6) is 0 Å². The third-order valence-electron chi connectivity index (χ3n) is 3.68. The van der Waals surface area contributed by atoms with Gasteiger partial charge >= 0.3 is 6.09 Å². The first-order valence-corrected chi connectivity index (χ1v) is 8.79. The lowest BCUT2D eigenvalue weighted by Crippen LogP contribution is -2.43. The van der Waals surface area contributed by atoms with Crippen LogP contribution in [0.25, 0.3) is 0 Å². The molecule has 0 bridgehead atoms. The molecule has 0 aliphatic carbocycles. The van der Waals surface area contributed by atoms with Gasteiger partial charge in [-0.25, -0.2) is 4.79 Å². The molecular weight excluding hydrogens is 304 g/mol. The molecule has 6 nitrogen and oxygen atoms in total. The van der Waals surface area contributed by atoms with E-state index in [9.17, 15) is 4.79 Å². The third kappa shape index (κ3) is 8.09. The number of amides is 1. The van der Waals surface area contributed by atoms with Crippen LogP contribution in [0.1, 0.15) is 47.0 Å². The first-order chi connectivity index (χ1) is 11.4. The van der Waals surface area contributed by atoms with Crippen LogP contribution in [0.15, 0.2) is 4.99 Å². The van der Waals surface area contributed by atoms with Crippen LogP contribution >= 0.6 is 0 Å². The highest BCUT2D eigenvalue weighted by atomic mass is 16.6. The fourth-order valence-corrected chi connectivity index (χ4v) is 2.63. The molecule has 24 heavy (non-hydrogen) atoms. The second-order valence-electron chi connectivity index (χ2n) is 7.04. The molecule has 1 aliphatic heterocycles. The molecule has 1 unspecified atom stereocenters. The van der Waals surface area contributed by atoms with Crippen LogP contribution in [0.3, 0.4) is 0 Å². The van der Waals surface area contributed by atoms with E-state index in [2.05, 4.69) is 21.5 Å². The molecule has 0 radical (unpaired) electrons. The highest BCUT2D eigenvalue weighted by Gasteiger charge is 2.27. The van der Waals surface area contributed by atoms with Crippen molar-refractivity contribution < 1.29 is 9.53 Å². The molecule has 1 heterocycles. The molecule has 1 saturated heterocycles. The fraction of sp³-hybridized carbons (Fsp3) is 0.778. The highest BCUT2D eigenvalue weighted by Crippen LogP contribution is 2.21. The largest absolute Gasteiger partial charge is 0.444 e. The SMILES string of the molecule is C#CCNC(=NCCC1CCCN(C(=O)OC(C)(C)C)C1)NCC. The van der Waals surface area contributed by atoms with Gasteiger partial charge in [-0.15, -0.1) is 6.42 Å². The Morgan fingerprint density at radius 2 is 2.17 bits per heavy atom. The zero-order chi connectivity index (χ0) is 18.0. The van der Waals surface area contributed by atoms with Gasteiger partial charge in [-0.05, 0) is 52.9 Å². The van der Waals surface area contributed by atoms with E-state index in [0.29, 0.717) is 19.0 Å². The number of aliphatic imine (C=N–C) groups is 1. The number of ether oxygens (including phenoxy) is 1. The van der Waals surface area contributed by atoms with E-state index in [1.807, 2.05) is 32.6 Å². The van der Waals surface area contributed by atoms with Gasteiger partial charge in [0.05, 0.1) is 6.54 Å². The third-order valence-corrected chi connectivity index (χ3v) is 3.68. The number of carbonyl (C=O) groups excluding carboxylic acids is 1. The molecule has 0 aromatic carbocycles. The summed E-state index contributed by atoms with van der Waals surface area (Å²) in [5.41, 5.74) is -0.447. The van der Waals surface area contributed by atoms with Crippen molar-refractivity contribution in [1.29, 1.82) is 0 Å². The molecule has 1 atom stereocenters. The number of hydrogen-bond donors (Lipinski definition) is 2. The van der Waals surface area contributed by atoms with Gasteiger partial charge in [0.15, 0.2) is 5.96 Å². The Bertz CT molecular complexity index is 463. The highest BCUT2D eigenvalue weighted by molar-refractivity contribution is 5.79. The second kappa shape index (κ2) is 10.1. The summed E-state index contributed by atoms with van der Waals surface area (Å²) in [4.78, 5) is 18.5. The number of nitrogens with one attached hydrogen (secondary N) is 2. The lowest BCUT2D eigenvalue weighted by Gasteiger charge is -2.34. The van der Waals surface area contributed by atoms with E-state index < -0.39 is 5.60 Å². The van der Waals surface area contributed by atoms with Gasteiger partial charge in [0.2, 0.25) is 0 Å². The van der Waals surface area contributed by atoms with Crippen molar-refractivity contribution in [2.45, 2.75) is 52.6 Å². The Kier molecular flexibility index (Phi) is 8.45. The Hall–Kier alpha value is -1.90. The minimum absolute atomic E-state index is 0.209. The number of hydrogen-bond acceptors (Lipinski definition) is 3. The van der Waals surface area contributed by atoms with E-state index in [1.54, 1.807) is 0 Å². The van der Waals surface area contributed by atoms with Crippen molar-refractivity contribution in [3.05, 3.63) is 0 Å². The molecule has 2 N–H and O–H groups in total. The Morgan fingerprint density at radius 3 is 2.79 bits per heavy atom. The molecule has 0 aromatic heterocycles. The van der Waals surface area contributed by atoms with Crippen LogP contribution in [0.4, 0.5) is 4.79 Å². The molecule has 0 spiro atoms. The fourth-order valence-electron chi connectivity index (χ4n) is 2.63. The monoisotopic (exact) mass is 336 g/mol. The lowest BCUT2D eigenvalue weighted by atomic mass is 9.95. The molecule has 1 amide bonds. The van der Waals surface area contributed by atoms with Crippen LogP contribution in [-0.2, 0) is 4.74 Å². The normalized spacial score (nSPS) is 18.7. The standard InChI is InChI=1S/C18H32N4O2/c1-6-11-20-16(19-7-2)21-12-10-15-9-8-13-22(14-15)17(23)24-18(3,4)5/h1,15H,7-14H2,2-5H3,(H2,19,20,21). The summed E-state index contributed by atoms with van der Waals surface area (Å²) in [6, 6.07) is 0. The number of piperidine rings is 1. The van der Waals surface area contributed by atoms with Crippen molar-refractivity contribution in [2.24, 2.45) is 10.9 Å². The van der Waals surface area contributed by atoms with Gasteiger partial charge in [-0.3, -0.25) is 4.99 Å². The van der Waals surface area contributed by atoms with Gasteiger partial charge < -0.3 is 20.3 Å². The molecule has 1 rings (SSSR count). The summed E-state index contributed by atoms with van der Waals surface area (Å²) in [5, 5.41) is 6.25. The average Bonchev–Trinajstić information content (AvgIpc) is 2.51. The molecule has 1 fully saturated rings. The van der Waals surface area contributed by atoms with Gasteiger partial charge in [0.1, 0.15) is 5.60 Å². The maximum absolute atomic E-state index is 12.2. The van der Waals surface area contributed by atoms with E-state index in [4.69, 9.17) is 11.2 Å². The summed E-state index contributed by atoms with van der Waals surface area (Å²) in [6.45, 7) is 11.2. The second-order valence-corrected chi connectivity index (χ2v) is 7.04. The summed E-state index contributed by atoms with van der Waals surface area (Å²) < 4.78 is 5.47. The Morgan fingerprint density at radius 1 is 1.42 bits per heavy atom. The van der Waals surface area contributed by atoms with Crippen LogP contribution in [-0.4, -0.2) is 55.3 Å². The molecule has 0 saturated carbocycles. The predicted molar refractivity (Wildman–Crippen MR) is 98.0 cm³/mol. The maximum atomic E-state index is 12.2. The van der Waals surface area contributed by atoms with Crippen molar-refractivity contribution in [1.82, 2.24) is 15.5 Å². The van der Waals surface area contributed by atoms with E-state index in [1.165, 1.54) is 0 Å². The first kappa shape index (κ1) is 20.1. The summed E-state index contributed by atoms with van der Waals surface area (Å²) in [6.07, 6.45) is 8.15. The summed E-state index contributed by atoms with van der Waals surface area (Å²) in [5.74, 6) is 3.75. The first-order valence-electron chi connectivity index (χ1n) is 8.79. The van der Waals surface area contributed by atoms with Crippen LogP contribution in [0, 0.1) is 18.3 Å². The molecule has 6 heteroatoms. The van der Waals surface area contributed by atoms with E-state index >= 15 is 0 Å².